The van der Waals surface area contributed by atoms with Gasteiger partial charge in [0.1, 0.15) is 0 Å². The van der Waals surface area contributed by atoms with Crippen molar-refractivity contribution < 1.29 is 4.79 Å². The molecule has 2 heteroatoms. The van der Waals surface area contributed by atoms with Crippen LogP contribution in [0.1, 0.15) is 32.1 Å². The molecule has 13 heavy (non-hydrogen) atoms. The van der Waals surface area contributed by atoms with E-state index in [1.54, 1.807) is 0 Å². The average molecular weight is 245 g/mol. The third-order valence-corrected chi connectivity index (χ3v) is 2.27. The summed E-state index contributed by atoms with van der Waals surface area (Å²) in [6.07, 6.45) is 10.6. The molecule has 0 rings (SSSR count). The van der Waals surface area contributed by atoms with Crippen LogP contribution < -0.4 is 0 Å². The Bertz CT molecular complexity index is 173. The van der Waals surface area contributed by atoms with Gasteiger partial charge in [0.05, 0.1) is 0 Å². The highest BCUT2D eigenvalue weighted by Crippen LogP contribution is 2.01. The Balaban J connectivity index is 3.21. The molecule has 0 aliphatic carbocycles. The van der Waals surface area contributed by atoms with Crippen molar-refractivity contribution in [1.29, 1.82) is 0 Å². The molecule has 0 N–H and O–H groups in total. The first-order valence-corrected chi connectivity index (χ1v) is 5.79. The SMILES string of the molecule is C=CC(=O)CC/C=C/CCCCBr. The van der Waals surface area contributed by atoms with E-state index in [2.05, 4.69) is 34.7 Å². The second-order valence-corrected chi connectivity index (χ2v) is 3.66. The van der Waals surface area contributed by atoms with Crippen LogP contribution >= 0.6 is 15.9 Å². The summed E-state index contributed by atoms with van der Waals surface area (Å²) in [6.45, 7) is 3.42. The van der Waals surface area contributed by atoms with E-state index in [-0.39, 0.29) is 5.78 Å². The van der Waals surface area contributed by atoms with Crippen LogP contribution in [0.5, 0.6) is 0 Å². The molecule has 0 spiro atoms. The van der Waals surface area contributed by atoms with Crippen molar-refractivity contribution in [2.75, 3.05) is 5.33 Å². The van der Waals surface area contributed by atoms with Crippen molar-refractivity contribution in [3.63, 3.8) is 0 Å². The first kappa shape index (κ1) is 12.6. The number of hydrogen-bond donors (Lipinski definition) is 0. The molecular formula is C11H17BrO. The van der Waals surface area contributed by atoms with Gasteiger partial charge in [0.25, 0.3) is 0 Å². The summed E-state index contributed by atoms with van der Waals surface area (Å²) in [4.78, 5) is 10.8. The zero-order chi connectivity index (χ0) is 9.94. The lowest BCUT2D eigenvalue weighted by atomic mass is 10.2. The minimum atomic E-state index is 0.130. The minimum absolute atomic E-state index is 0.130. The summed E-state index contributed by atoms with van der Waals surface area (Å²) >= 11 is 3.38. The molecule has 0 atom stereocenters. The Labute approximate surface area is 89.0 Å². The summed E-state index contributed by atoms with van der Waals surface area (Å²) in [5.41, 5.74) is 0. The zero-order valence-electron chi connectivity index (χ0n) is 7.97. The molecule has 0 aliphatic heterocycles. The van der Waals surface area contributed by atoms with Crippen LogP contribution in [-0.4, -0.2) is 11.1 Å². The standard InChI is InChI=1S/C11H17BrO/c1-2-11(13)9-7-5-3-4-6-8-10-12/h2-3,5H,1,4,6-10H2/b5-3+. The summed E-state index contributed by atoms with van der Waals surface area (Å²) in [5.74, 6) is 0.130. The normalized spacial score (nSPS) is 10.5. The summed E-state index contributed by atoms with van der Waals surface area (Å²) in [5, 5.41) is 1.08. The summed E-state index contributed by atoms with van der Waals surface area (Å²) in [6, 6.07) is 0. The number of carbonyl (C=O) groups excluding carboxylic acids is 1. The van der Waals surface area contributed by atoms with Gasteiger partial charge in [0.15, 0.2) is 5.78 Å². The summed E-state index contributed by atoms with van der Waals surface area (Å²) in [7, 11) is 0. The monoisotopic (exact) mass is 244 g/mol. The number of alkyl halides is 1. The molecule has 0 saturated carbocycles. The predicted molar refractivity (Wildman–Crippen MR) is 61.2 cm³/mol. The number of ketones is 1. The van der Waals surface area contributed by atoms with Crippen LogP contribution in [0.25, 0.3) is 0 Å². The van der Waals surface area contributed by atoms with Gasteiger partial charge in [-0.2, -0.15) is 0 Å². The van der Waals surface area contributed by atoms with Gasteiger partial charge in [-0.1, -0.05) is 34.7 Å². The van der Waals surface area contributed by atoms with Crippen molar-refractivity contribution in [3.8, 4) is 0 Å². The maximum Gasteiger partial charge on any atom is 0.155 e. The van der Waals surface area contributed by atoms with Gasteiger partial charge in [0.2, 0.25) is 0 Å². The van der Waals surface area contributed by atoms with Gasteiger partial charge in [0, 0.05) is 11.8 Å². The molecule has 0 aromatic rings. The zero-order valence-corrected chi connectivity index (χ0v) is 9.55. The highest BCUT2D eigenvalue weighted by Gasteiger charge is 1.90. The van der Waals surface area contributed by atoms with E-state index in [0.717, 1.165) is 18.2 Å². The van der Waals surface area contributed by atoms with E-state index in [1.165, 1.54) is 18.9 Å². The second kappa shape index (κ2) is 9.72. The van der Waals surface area contributed by atoms with Crippen molar-refractivity contribution in [2.45, 2.75) is 32.1 Å². The largest absolute Gasteiger partial charge is 0.295 e. The van der Waals surface area contributed by atoms with Crippen molar-refractivity contribution in [1.82, 2.24) is 0 Å². The lowest BCUT2D eigenvalue weighted by molar-refractivity contribution is -0.114. The molecule has 0 radical (unpaired) electrons. The quantitative estimate of drug-likeness (QED) is 0.276. The second-order valence-electron chi connectivity index (χ2n) is 2.87. The van der Waals surface area contributed by atoms with Crippen molar-refractivity contribution >= 4 is 21.7 Å². The van der Waals surface area contributed by atoms with Gasteiger partial charge in [-0.25, -0.2) is 0 Å². The molecule has 0 saturated heterocycles. The van der Waals surface area contributed by atoms with E-state index >= 15 is 0 Å². The van der Waals surface area contributed by atoms with Crippen LogP contribution in [-0.2, 0) is 4.79 Å². The van der Waals surface area contributed by atoms with Crippen LogP contribution in [0.2, 0.25) is 0 Å². The Morgan fingerprint density at radius 3 is 2.54 bits per heavy atom. The third-order valence-electron chi connectivity index (χ3n) is 1.71. The van der Waals surface area contributed by atoms with Gasteiger partial charge < -0.3 is 0 Å². The van der Waals surface area contributed by atoms with Crippen LogP contribution in [0.15, 0.2) is 24.8 Å². The van der Waals surface area contributed by atoms with Crippen LogP contribution in [0.4, 0.5) is 0 Å². The average Bonchev–Trinajstić information content (AvgIpc) is 2.16. The molecule has 0 bridgehead atoms. The Morgan fingerprint density at radius 1 is 1.23 bits per heavy atom. The molecule has 0 amide bonds. The van der Waals surface area contributed by atoms with Crippen molar-refractivity contribution in [3.05, 3.63) is 24.8 Å². The first-order chi connectivity index (χ1) is 6.31. The van der Waals surface area contributed by atoms with E-state index in [0.29, 0.717) is 6.42 Å². The van der Waals surface area contributed by atoms with Gasteiger partial charge >= 0.3 is 0 Å². The fourth-order valence-electron chi connectivity index (χ4n) is 0.920. The van der Waals surface area contributed by atoms with E-state index in [9.17, 15) is 4.79 Å². The number of allylic oxidation sites excluding steroid dienone is 3. The molecule has 0 heterocycles. The number of halogens is 1. The minimum Gasteiger partial charge on any atom is -0.295 e. The molecule has 0 unspecified atom stereocenters. The van der Waals surface area contributed by atoms with Crippen LogP contribution in [0.3, 0.4) is 0 Å². The topological polar surface area (TPSA) is 17.1 Å². The molecule has 0 aromatic carbocycles. The number of unbranched alkanes of at least 4 members (excludes halogenated alkanes) is 2. The molecular weight excluding hydrogens is 228 g/mol. The predicted octanol–water partition coefficient (Wildman–Crippen LogP) is 3.64. The lowest BCUT2D eigenvalue weighted by Crippen LogP contribution is -1.88. The van der Waals surface area contributed by atoms with Gasteiger partial charge in [-0.15, -0.1) is 0 Å². The molecule has 0 aliphatic rings. The van der Waals surface area contributed by atoms with E-state index in [4.69, 9.17) is 0 Å². The Morgan fingerprint density at radius 2 is 1.92 bits per heavy atom. The van der Waals surface area contributed by atoms with Crippen LogP contribution in [0, 0.1) is 0 Å². The fourth-order valence-corrected chi connectivity index (χ4v) is 1.32. The lowest BCUT2D eigenvalue weighted by Gasteiger charge is -1.91. The highest BCUT2D eigenvalue weighted by molar-refractivity contribution is 9.09. The van der Waals surface area contributed by atoms with Gasteiger partial charge in [-0.05, 0) is 31.8 Å². The highest BCUT2D eigenvalue weighted by atomic mass is 79.9. The Kier molecular flexibility index (Phi) is 9.44. The summed E-state index contributed by atoms with van der Waals surface area (Å²) < 4.78 is 0. The Hall–Kier alpha value is -0.370. The maximum absolute atomic E-state index is 10.8. The third kappa shape index (κ3) is 9.54. The maximum atomic E-state index is 10.8. The van der Waals surface area contributed by atoms with Gasteiger partial charge in [-0.3, -0.25) is 4.79 Å². The van der Waals surface area contributed by atoms with E-state index in [1.807, 2.05) is 0 Å². The molecule has 1 nitrogen and oxygen atoms in total. The fraction of sp³-hybridized carbons (Fsp3) is 0.545. The molecule has 74 valence electrons. The van der Waals surface area contributed by atoms with Crippen molar-refractivity contribution in [2.24, 2.45) is 0 Å². The molecule has 0 aromatic heterocycles. The van der Waals surface area contributed by atoms with E-state index < -0.39 is 0 Å². The number of hydrogen-bond acceptors (Lipinski definition) is 1. The first-order valence-electron chi connectivity index (χ1n) is 4.67. The number of carbonyl (C=O) groups is 1. The smallest absolute Gasteiger partial charge is 0.155 e. The molecule has 0 fully saturated rings. The number of rotatable bonds is 8.